The molecule has 1 heterocycles. The number of methoxy groups -OCH3 is 1. The second-order valence-electron chi connectivity index (χ2n) is 5.64. The van der Waals surface area contributed by atoms with E-state index in [0.717, 1.165) is 34.1 Å². The summed E-state index contributed by atoms with van der Waals surface area (Å²) in [4.78, 5) is 6.71. The van der Waals surface area contributed by atoms with Gasteiger partial charge in [-0.2, -0.15) is 0 Å². The highest BCUT2D eigenvalue weighted by molar-refractivity contribution is 6.31. The van der Waals surface area contributed by atoms with Crippen LogP contribution in [-0.2, 0) is 13.1 Å². The maximum Gasteiger partial charge on any atom is 0.226 e. The van der Waals surface area contributed by atoms with Gasteiger partial charge in [-0.05, 0) is 42.9 Å². The molecule has 1 aromatic heterocycles. The molecule has 24 heavy (non-hydrogen) atoms. The molecule has 0 spiro atoms. The standard InChI is InChI=1S/C19H19ClN2O2/c1-22(11-15-5-3-4-6-18(15)20)12-16-13-24-19(21-16)14-7-9-17(23-2)10-8-14/h3-10,13H,11-12H2,1-2H3. The van der Waals surface area contributed by atoms with Gasteiger partial charge in [0.1, 0.15) is 12.0 Å². The largest absolute Gasteiger partial charge is 0.497 e. The first-order valence-electron chi connectivity index (χ1n) is 7.66. The first-order valence-corrected chi connectivity index (χ1v) is 8.04. The van der Waals surface area contributed by atoms with E-state index in [1.54, 1.807) is 13.4 Å². The molecular weight excluding hydrogens is 324 g/mol. The lowest BCUT2D eigenvalue weighted by atomic mass is 10.2. The first-order chi connectivity index (χ1) is 11.7. The highest BCUT2D eigenvalue weighted by Gasteiger charge is 2.10. The second-order valence-corrected chi connectivity index (χ2v) is 6.04. The quantitative estimate of drug-likeness (QED) is 0.654. The molecule has 0 amide bonds. The number of hydrogen-bond donors (Lipinski definition) is 0. The van der Waals surface area contributed by atoms with Gasteiger partial charge in [0.25, 0.3) is 0 Å². The van der Waals surface area contributed by atoms with Crippen LogP contribution in [0.15, 0.2) is 59.2 Å². The summed E-state index contributed by atoms with van der Waals surface area (Å²) in [6, 6.07) is 15.5. The van der Waals surface area contributed by atoms with Crippen LogP contribution in [0, 0.1) is 0 Å². The van der Waals surface area contributed by atoms with E-state index in [0.29, 0.717) is 12.4 Å². The first kappa shape index (κ1) is 16.6. The minimum Gasteiger partial charge on any atom is -0.497 e. The van der Waals surface area contributed by atoms with Crippen molar-refractivity contribution in [2.24, 2.45) is 0 Å². The number of ether oxygens (including phenoxy) is 1. The van der Waals surface area contributed by atoms with Gasteiger partial charge in [0.15, 0.2) is 0 Å². The van der Waals surface area contributed by atoms with E-state index in [4.69, 9.17) is 20.8 Å². The lowest BCUT2D eigenvalue weighted by Gasteiger charge is -2.15. The van der Waals surface area contributed by atoms with Gasteiger partial charge in [-0.25, -0.2) is 4.98 Å². The highest BCUT2D eigenvalue weighted by Crippen LogP contribution is 2.22. The minimum absolute atomic E-state index is 0.610. The number of benzene rings is 2. The SMILES string of the molecule is COc1ccc(-c2nc(CN(C)Cc3ccccc3Cl)co2)cc1. The highest BCUT2D eigenvalue weighted by atomic mass is 35.5. The van der Waals surface area contributed by atoms with Crippen molar-refractivity contribution < 1.29 is 9.15 Å². The number of nitrogens with zero attached hydrogens (tertiary/aromatic N) is 2. The van der Waals surface area contributed by atoms with Gasteiger partial charge in [-0.3, -0.25) is 4.90 Å². The zero-order valence-electron chi connectivity index (χ0n) is 13.7. The second kappa shape index (κ2) is 7.51. The summed E-state index contributed by atoms with van der Waals surface area (Å²) in [7, 11) is 3.68. The van der Waals surface area contributed by atoms with Crippen molar-refractivity contribution in [2.75, 3.05) is 14.2 Å². The molecule has 4 nitrogen and oxygen atoms in total. The third-order valence-corrected chi connectivity index (χ3v) is 4.09. The third-order valence-electron chi connectivity index (χ3n) is 3.72. The van der Waals surface area contributed by atoms with Crippen molar-refractivity contribution in [1.29, 1.82) is 0 Å². The van der Waals surface area contributed by atoms with Gasteiger partial charge in [0.2, 0.25) is 5.89 Å². The van der Waals surface area contributed by atoms with Crippen molar-refractivity contribution in [3.8, 4) is 17.2 Å². The Morgan fingerprint density at radius 3 is 2.54 bits per heavy atom. The summed E-state index contributed by atoms with van der Waals surface area (Å²) in [6.45, 7) is 1.44. The molecule has 0 aliphatic rings. The normalized spacial score (nSPS) is 11.0. The Morgan fingerprint density at radius 2 is 1.83 bits per heavy atom. The van der Waals surface area contributed by atoms with Crippen LogP contribution in [-0.4, -0.2) is 24.0 Å². The van der Waals surface area contributed by atoms with Crippen molar-refractivity contribution in [3.05, 3.63) is 71.1 Å². The molecule has 124 valence electrons. The smallest absolute Gasteiger partial charge is 0.226 e. The van der Waals surface area contributed by atoms with Crippen molar-refractivity contribution in [1.82, 2.24) is 9.88 Å². The summed E-state index contributed by atoms with van der Waals surface area (Å²) in [5, 5.41) is 0.781. The topological polar surface area (TPSA) is 38.5 Å². The van der Waals surface area contributed by atoms with Crippen LogP contribution >= 0.6 is 11.6 Å². The number of halogens is 1. The van der Waals surface area contributed by atoms with E-state index in [1.807, 2.05) is 55.6 Å². The average Bonchev–Trinajstić information content (AvgIpc) is 3.05. The zero-order chi connectivity index (χ0) is 16.9. The molecule has 3 aromatic rings. The van der Waals surface area contributed by atoms with Crippen LogP contribution in [0.3, 0.4) is 0 Å². The maximum atomic E-state index is 6.21. The van der Waals surface area contributed by atoms with E-state index in [2.05, 4.69) is 9.88 Å². The molecule has 0 radical (unpaired) electrons. The molecule has 0 bridgehead atoms. The Hall–Kier alpha value is -2.30. The number of hydrogen-bond acceptors (Lipinski definition) is 4. The maximum absolute atomic E-state index is 6.21. The van der Waals surface area contributed by atoms with Gasteiger partial charge in [0.05, 0.1) is 12.8 Å². The molecule has 5 heteroatoms. The van der Waals surface area contributed by atoms with E-state index < -0.39 is 0 Å². The fourth-order valence-corrected chi connectivity index (χ4v) is 2.69. The summed E-state index contributed by atoms with van der Waals surface area (Å²) in [5.74, 6) is 1.42. The molecule has 0 aliphatic carbocycles. The lowest BCUT2D eigenvalue weighted by Crippen LogP contribution is -2.17. The van der Waals surface area contributed by atoms with Gasteiger partial charge in [-0.15, -0.1) is 0 Å². The van der Waals surface area contributed by atoms with Crippen molar-refractivity contribution in [3.63, 3.8) is 0 Å². The third kappa shape index (κ3) is 3.96. The van der Waals surface area contributed by atoms with Crippen LogP contribution in [0.4, 0.5) is 0 Å². The monoisotopic (exact) mass is 342 g/mol. The molecule has 0 N–H and O–H groups in total. The van der Waals surface area contributed by atoms with Crippen molar-refractivity contribution in [2.45, 2.75) is 13.1 Å². The van der Waals surface area contributed by atoms with Gasteiger partial charge in [0, 0.05) is 23.7 Å². The Labute approximate surface area is 146 Å². The Kier molecular flexibility index (Phi) is 5.18. The summed E-state index contributed by atoms with van der Waals surface area (Å²) < 4.78 is 10.8. The van der Waals surface area contributed by atoms with Crippen molar-refractivity contribution >= 4 is 11.6 Å². The Morgan fingerprint density at radius 1 is 1.08 bits per heavy atom. The molecule has 0 atom stereocenters. The molecule has 0 unspecified atom stereocenters. The molecule has 0 saturated carbocycles. The Bertz CT molecular complexity index is 799. The number of rotatable bonds is 6. The number of oxazole rings is 1. The van der Waals surface area contributed by atoms with Crippen LogP contribution in [0.2, 0.25) is 5.02 Å². The molecule has 0 fully saturated rings. The molecule has 0 saturated heterocycles. The molecule has 3 rings (SSSR count). The van der Waals surface area contributed by atoms with Crippen LogP contribution in [0.5, 0.6) is 5.75 Å². The average molecular weight is 343 g/mol. The van der Waals surface area contributed by atoms with Crippen LogP contribution in [0.25, 0.3) is 11.5 Å². The number of aromatic nitrogens is 1. The zero-order valence-corrected chi connectivity index (χ0v) is 14.5. The Balaban J connectivity index is 1.66. The van der Waals surface area contributed by atoms with Gasteiger partial charge >= 0.3 is 0 Å². The predicted molar refractivity (Wildman–Crippen MR) is 95.1 cm³/mol. The summed E-state index contributed by atoms with van der Waals surface area (Å²) in [6.07, 6.45) is 1.70. The summed E-state index contributed by atoms with van der Waals surface area (Å²) >= 11 is 6.21. The molecule has 0 aliphatic heterocycles. The fourth-order valence-electron chi connectivity index (χ4n) is 2.50. The van der Waals surface area contributed by atoms with Gasteiger partial charge < -0.3 is 9.15 Å². The van der Waals surface area contributed by atoms with E-state index in [-0.39, 0.29) is 0 Å². The van der Waals surface area contributed by atoms with E-state index >= 15 is 0 Å². The minimum atomic E-state index is 0.610. The van der Waals surface area contributed by atoms with E-state index in [9.17, 15) is 0 Å². The van der Waals surface area contributed by atoms with Gasteiger partial charge in [-0.1, -0.05) is 29.8 Å². The van der Waals surface area contributed by atoms with Crippen LogP contribution in [0.1, 0.15) is 11.3 Å². The predicted octanol–water partition coefficient (Wildman–Crippen LogP) is 4.64. The molecular formula is C19H19ClN2O2. The summed E-state index contributed by atoms with van der Waals surface area (Å²) in [5.41, 5.74) is 2.91. The molecule has 2 aromatic carbocycles. The van der Waals surface area contributed by atoms with Crippen LogP contribution < -0.4 is 4.74 Å². The van der Waals surface area contributed by atoms with E-state index in [1.165, 1.54) is 0 Å². The lowest BCUT2D eigenvalue weighted by molar-refractivity contribution is 0.315. The fraction of sp³-hybridized carbons (Fsp3) is 0.211.